The van der Waals surface area contributed by atoms with Crippen molar-refractivity contribution in [3.8, 4) is 11.8 Å². The molecule has 0 saturated heterocycles. The summed E-state index contributed by atoms with van der Waals surface area (Å²) in [5.41, 5.74) is 0.456. The highest BCUT2D eigenvalue weighted by Crippen LogP contribution is 2.19. The zero-order chi connectivity index (χ0) is 12.8. The molecule has 5 nitrogen and oxygen atoms in total. The maximum atomic E-state index is 10.8. The van der Waals surface area contributed by atoms with Gasteiger partial charge in [0.05, 0.1) is 11.1 Å². The van der Waals surface area contributed by atoms with Crippen molar-refractivity contribution in [2.24, 2.45) is 0 Å². The molecule has 0 spiro atoms. The lowest BCUT2D eigenvalue weighted by Gasteiger charge is -2.12. The average molecular weight is 234 g/mol. The number of carboxylic acid groups (broad SMARTS) is 1. The van der Waals surface area contributed by atoms with Crippen LogP contribution in [0.25, 0.3) is 0 Å². The van der Waals surface area contributed by atoms with Crippen molar-refractivity contribution >= 4 is 5.97 Å². The summed E-state index contributed by atoms with van der Waals surface area (Å²) >= 11 is 0. The van der Waals surface area contributed by atoms with Gasteiger partial charge in [0.1, 0.15) is 18.4 Å². The highest BCUT2D eigenvalue weighted by molar-refractivity contribution is 5.88. The van der Waals surface area contributed by atoms with Crippen molar-refractivity contribution < 1.29 is 14.6 Å². The Morgan fingerprint density at radius 3 is 2.76 bits per heavy atom. The topological polar surface area (TPSA) is 73.6 Å². The smallest absolute Gasteiger partial charge is 0.335 e. The number of benzene rings is 1. The van der Waals surface area contributed by atoms with E-state index < -0.39 is 5.97 Å². The Morgan fingerprint density at radius 2 is 2.24 bits per heavy atom. The molecule has 0 aliphatic rings. The van der Waals surface area contributed by atoms with E-state index in [0.29, 0.717) is 24.5 Å². The number of carboxylic acids is 1. The summed E-state index contributed by atoms with van der Waals surface area (Å²) in [5.74, 6) is -0.721. The predicted molar refractivity (Wildman–Crippen MR) is 62.2 cm³/mol. The second-order valence-corrected chi connectivity index (χ2v) is 3.78. The number of rotatable bonds is 5. The summed E-state index contributed by atoms with van der Waals surface area (Å²) in [6.45, 7) is 1.10. The number of likely N-dealkylation sites (N-methyl/N-ethyl adjacent to an activating group) is 1. The maximum absolute atomic E-state index is 10.8. The Morgan fingerprint density at radius 1 is 1.53 bits per heavy atom. The molecule has 0 aliphatic heterocycles. The largest absolute Gasteiger partial charge is 0.491 e. The molecule has 0 saturated carbocycles. The Hall–Kier alpha value is -2.06. The lowest BCUT2D eigenvalue weighted by atomic mass is 10.1. The summed E-state index contributed by atoms with van der Waals surface area (Å²) < 4.78 is 5.40. The second-order valence-electron chi connectivity index (χ2n) is 3.78. The molecule has 1 N–H and O–H groups in total. The molecule has 90 valence electrons. The Bertz CT molecular complexity index is 450. The van der Waals surface area contributed by atoms with Gasteiger partial charge in [-0.25, -0.2) is 4.79 Å². The van der Waals surface area contributed by atoms with E-state index in [1.807, 2.05) is 25.1 Å². The zero-order valence-electron chi connectivity index (χ0n) is 9.80. The Labute approximate surface area is 99.8 Å². The van der Waals surface area contributed by atoms with Gasteiger partial charge in [-0.05, 0) is 32.3 Å². The quantitative estimate of drug-likeness (QED) is 0.828. The van der Waals surface area contributed by atoms with E-state index in [2.05, 4.69) is 0 Å². The van der Waals surface area contributed by atoms with Gasteiger partial charge in [-0.3, -0.25) is 0 Å². The van der Waals surface area contributed by atoms with Crippen molar-refractivity contribution in [3.05, 3.63) is 29.3 Å². The van der Waals surface area contributed by atoms with Crippen LogP contribution in [-0.4, -0.2) is 43.2 Å². The number of hydrogen-bond acceptors (Lipinski definition) is 4. The Kier molecular flexibility index (Phi) is 4.49. The first-order valence-electron chi connectivity index (χ1n) is 5.09. The summed E-state index contributed by atoms with van der Waals surface area (Å²) in [6, 6.07) is 6.18. The molecule has 17 heavy (non-hydrogen) atoms. The van der Waals surface area contributed by atoms with Gasteiger partial charge in [-0.1, -0.05) is 0 Å². The highest BCUT2D eigenvalue weighted by Gasteiger charge is 2.09. The molecular formula is C12H14N2O3. The number of hydrogen-bond donors (Lipinski definition) is 1. The van der Waals surface area contributed by atoms with Gasteiger partial charge in [0.25, 0.3) is 0 Å². The van der Waals surface area contributed by atoms with E-state index in [-0.39, 0.29) is 5.56 Å². The second kappa shape index (κ2) is 5.87. The van der Waals surface area contributed by atoms with Gasteiger partial charge in [0.2, 0.25) is 0 Å². The summed E-state index contributed by atoms with van der Waals surface area (Å²) in [6.07, 6.45) is 0. The molecule has 5 heteroatoms. The molecule has 0 amide bonds. The van der Waals surface area contributed by atoms with Crippen LogP contribution in [0.3, 0.4) is 0 Å². The number of ether oxygens (including phenoxy) is 1. The number of aromatic carboxylic acids is 1. The third kappa shape index (κ3) is 3.78. The summed E-state index contributed by atoms with van der Waals surface area (Å²) in [7, 11) is 3.81. The lowest BCUT2D eigenvalue weighted by Crippen LogP contribution is -2.19. The first-order valence-corrected chi connectivity index (χ1v) is 5.09. The number of nitriles is 1. The predicted octanol–water partition coefficient (Wildman–Crippen LogP) is 1.20. The fourth-order valence-electron chi connectivity index (χ4n) is 1.21. The van der Waals surface area contributed by atoms with E-state index in [9.17, 15) is 4.79 Å². The van der Waals surface area contributed by atoms with Crippen LogP contribution >= 0.6 is 0 Å². The third-order valence-corrected chi connectivity index (χ3v) is 2.15. The SMILES string of the molecule is CN(C)CCOc1cc(C(=O)O)ccc1C#N. The summed E-state index contributed by atoms with van der Waals surface area (Å²) in [5, 5.41) is 17.7. The third-order valence-electron chi connectivity index (χ3n) is 2.15. The fraction of sp³-hybridized carbons (Fsp3) is 0.333. The van der Waals surface area contributed by atoms with Gasteiger partial charge in [-0.2, -0.15) is 5.26 Å². The molecule has 1 rings (SSSR count). The maximum Gasteiger partial charge on any atom is 0.335 e. The van der Waals surface area contributed by atoms with Crippen molar-refractivity contribution in [2.45, 2.75) is 0 Å². The van der Waals surface area contributed by atoms with Gasteiger partial charge < -0.3 is 14.7 Å². The van der Waals surface area contributed by atoms with Gasteiger partial charge in [0.15, 0.2) is 0 Å². The number of carbonyl (C=O) groups is 1. The van der Waals surface area contributed by atoms with Crippen molar-refractivity contribution in [3.63, 3.8) is 0 Å². The standard InChI is InChI=1S/C12H14N2O3/c1-14(2)5-6-17-11-7-9(12(15)16)3-4-10(11)8-13/h3-4,7H,5-6H2,1-2H3,(H,15,16). The van der Waals surface area contributed by atoms with Crippen molar-refractivity contribution in [1.82, 2.24) is 4.90 Å². The average Bonchev–Trinajstić information content (AvgIpc) is 2.28. The van der Waals surface area contributed by atoms with E-state index >= 15 is 0 Å². The highest BCUT2D eigenvalue weighted by atomic mass is 16.5. The van der Waals surface area contributed by atoms with Crippen LogP contribution in [0.1, 0.15) is 15.9 Å². The minimum Gasteiger partial charge on any atom is -0.491 e. The zero-order valence-corrected chi connectivity index (χ0v) is 9.80. The Balaban J connectivity index is 2.84. The molecule has 1 aromatic rings. The van der Waals surface area contributed by atoms with Crippen LogP contribution in [0.15, 0.2) is 18.2 Å². The van der Waals surface area contributed by atoms with Crippen LogP contribution < -0.4 is 4.74 Å². The monoisotopic (exact) mass is 234 g/mol. The minimum absolute atomic E-state index is 0.115. The fourth-order valence-corrected chi connectivity index (χ4v) is 1.21. The summed E-state index contributed by atoms with van der Waals surface area (Å²) in [4.78, 5) is 12.7. The van der Waals surface area contributed by atoms with E-state index in [4.69, 9.17) is 15.1 Å². The molecule has 0 heterocycles. The first-order chi connectivity index (χ1) is 8.04. The molecule has 0 bridgehead atoms. The molecule has 0 fully saturated rings. The molecule has 0 atom stereocenters. The van der Waals surface area contributed by atoms with Crippen molar-refractivity contribution in [1.29, 1.82) is 5.26 Å². The lowest BCUT2D eigenvalue weighted by molar-refractivity contribution is 0.0696. The number of nitrogens with zero attached hydrogens (tertiary/aromatic N) is 2. The van der Waals surface area contributed by atoms with Gasteiger partial charge >= 0.3 is 5.97 Å². The molecular weight excluding hydrogens is 220 g/mol. The van der Waals surface area contributed by atoms with Crippen LogP contribution in [0.5, 0.6) is 5.75 Å². The van der Waals surface area contributed by atoms with E-state index in [1.54, 1.807) is 0 Å². The first kappa shape index (κ1) is 13.0. The molecule has 0 radical (unpaired) electrons. The normalized spacial score (nSPS) is 10.0. The molecule has 1 aromatic carbocycles. The van der Waals surface area contributed by atoms with Gasteiger partial charge in [-0.15, -0.1) is 0 Å². The van der Waals surface area contributed by atoms with Crippen molar-refractivity contribution in [2.75, 3.05) is 27.2 Å². The van der Waals surface area contributed by atoms with E-state index in [0.717, 1.165) is 0 Å². The van der Waals surface area contributed by atoms with Crippen LogP contribution in [0.2, 0.25) is 0 Å². The van der Waals surface area contributed by atoms with Crippen LogP contribution in [-0.2, 0) is 0 Å². The molecule has 0 aliphatic carbocycles. The molecule has 0 unspecified atom stereocenters. The van der Waals surface area contributed by atoms with Gasteiger partial charge in [0, 0.05) is 6.54 Å². The van der Waals surface area contributed by atoms with E-state index in [1.165, 1.54) is 18.2 Å². The van der Waals surface area contributed by atoms with Crippen LogP contribution in [0, 0.1) is 11.3 Å². The molecule has 0 aromatic heterocycles. The van der Waals surface area contributed by atoms with Crippen LogP contribution in [0.4, 0.5) is 0 Å². The minimum atomic E-state index is -1.04.